The zero-order valence-corrected chi connectivity index (χ0v) is 20.1. The third kappa shape index (κ3) is 5.03. The maximum absolute atomic E-state index is 11.9. The Morgan fingerprint density at radius 3 is 2.69 bits per heavy atom. The SMILES string of the molecule is CN(C)c1cccc(Nc2nc(NCCCN3CCCC3=O)c3ncn(-c4ccccc4)c3n2)c1. The van der Waals surface area contributed by atoms with Gasteiger partial charge in [0.05, 0.1) is 0 Å². The number of amides is 1. The maximum atomic E-state index is 11.9. The molecule has 9 nitrogen and oxygen atoms in total. The molecule has 1 aliphatic heterocycles. The van der Waals surface area contributed by atoms with E-state index in [4.69, 9.17) is 9.97 Å². The number of nitrogens with one attached hydrogen (secondary N) is 2. The van der Waals surface area contributed by atoms with Crippen LogP contribution >= 0.6 is 0 Å². The van der Waals surface area contributed by atoms with Crippen molar-refractivity contribution in [3.63, 3.8) is 0 Å². The molecule has 3 heterocycles. The van der Waals surface area contributed by atoms with Gasteiger partial charge < -0.3 is 20.4 Å². The van der Waals surface area contributed by atoms with Gasteiger partial charge in [0.15, 0.2) is 17.0 Å². The standard InChI is InChI=1S/C26H30N8O/c1-32(2)21-12-6-9-19(17-21)29-26-30-24(27-14-8-16-33-15-7-13-22(33)35)23-25(31-26)34(18-28-23)20-10-4-3-5-11-20/h3-6,9-12,17-18H,7-8,13-16H2,1-2H3,(H2,27,29,30,31). The third-order valence-electron chi connectivity index (χ3n) is 6.12. The molecule has 5 rings (SSSR count). The van der Waals surface area contributed by atoms with Gasteiger partial charge in [0, 0.05) is 57.2 Å². The largest absolute Gasteiger partial charge is 0.378 e. The highest BCUT2D eigenvalue weighted by atomic mass is 16.2. The number of hydrogen-bond donors (Lipinski definition) is 2. The van der Waals surface area contributed by atoms with Gasteiger partial charge in [-0.1, -0.05) is 24.3 Å². The fraction of sp³-hybridized carbons (Fsp3) is 0.308. The van der Waals surface area contributed by atoms with E-state index in [1.165, 1.54) is 0 Å². The lowest BCUT2D eigenvalue weighted by molar-refractivity contribution is -0.127. The van der Waals surface area contributed by atoms with Crippen molar-refractivity contribution in [2.75, 3.05) is 49.3 Å². The minimum atomic E-state index is 0.252. The van der Waals surface area contributed by atoms with E-state index in [-0.39, 0.29) is 5.91 Å². The molecule has 0 bridgehead atoms. The van der Waals surface area contributed by atoms with Gasteiger partial charge >= 0.3 is 0 Å². The number of likely N-dealkylation sites (tertiary alicyclic amines) is 1. The molecule has 2 aromatic heterocycles. The van der Waals surface area contributed by atoms with Gasteiger partial charge in [-0.2, -0.15) is 9.97 Å². The zero-order chi connectivity index (χ0) is 24.2. The van der Waals surface area contributed by atoms with E-state index in [1.807, 2.05) is 66.0 Å². The lowest BCUT2D eigenvalue weighted by atomic mass is 10.2. The summed E-state index contributed by atoms with van der Waals surface area (Å²) in [7, 11) is 4.02. The summed E-state index contributed by atoms with van der Waals surface area (Å²) >= 11 is 0. The predicted octanol–water partition coefficient (Wildman–Crippen LogP) is 4.05. The molecule has 0 aliphatic carbocycles. The summed E-state index contributed by atoms with van der Waals surface area (Å²) in [6.07, 6.45) is 4.24. The number of anilines is 4. The van der Waals surface area contributed by atoms with E-state index in [2.05, 4.69) is 32.7 Å². The normalized spacial score (nSPS) is 13.4. The number of carbonyl (C=O) groups is 1. The predicted molar refractivity (Wildman–Crippen MR) is 140 cm³/mol. The first-order chi connectivity index (χ1) is 17.1. The Morgan fingerprint density at radius 2 is 1.91 bits per heavy atom. The molecule has 0 radical (unpaired) electrons. The molecular weight excluding hydrogens is 440 g/mol. The van der Waals surface area contributed by atoms with Gasteiger partial charge in [-0.3, -0.25) is 9.36 Å². The molecule has 2 aromatic carbocycles. The van der Waals surface area contributed by atoms with Crippen molar-refractivity contribution in [1.29, 1.82) is 0 Å². The topological polar surface area (TPSA) is 91.2 Å². The molecule has 0 saturated carbocycles. The van der Waals surface area contributed by atoms with Crippen molar-refractivity contribution in [2.45, 2.75) is 19.3 Å². The second-order valence-corrected chi connectivity index (χ2v) is 8.85. The lowest BCUT2D eigenvalue weighted by Crippen LogP contribution is -2.27. The highest BCUT2D eigenvalue weighted by Crippen LogP contribution is 2.26. The quantitative estimate of drug-likeness (QED) is 0.357. The molecule has 180 valence electrons. The molecule has 9 heteroatoms. The minimum Gasteiger partial charge on any atom is -0.378 e. The van der Waals surface area contributed by atoms with Gasteiger partial charge in [-0.05, 0) is 43.2 Å². The summed E-state index contributed by atoms with van der Waals surface area (Å²) in [5.74, 6) is 1.41. The molecule has 35 heavy (non-hydrogen) atoms. The van der Waals surface area contributed by atoms with Crippen LogP contribution in [0.25, 0.3) is 16.9 Å². The lowest BCUT2D eigenvalue weighted by Gasteiger charge is -2.16. The Hall–Kier alpha value is -4.14. The molecule has 1 aliphatic rings. The summed E-state index contributed by atoms with van der Waals surface area (Å²) in [4.78, 5) is 30.1. The summed E-state index contributed by atoms with van der Waals surface area (Å²) < 4.78 is 1.96. The number of benzene rings is 2. The Balaban J connectivity index is 1.43. The smallest absolute Gasteiger partial charge is 0.231 e. The van der Waals surface area contributed by atoms with Crippen molar-refractivity contribution in [3.05, 3.63) is 60.9 Å². The van der Waals surface area contributed by atoms with E-state index >= 15 is 0 Å². The monoisotopic (exact) mass is 470 g/mol. The third-order valence-corrected chi connectivity index (χ3v) is 6.12. The first-order valence-corrected chi connectivity index (χ1v) is 11.9. The number of para-hydroxylation sites is 1. The van der Waals surface area contributed by atoms with E-state index in [9.17, 15) is 4.79 Å². The number of hydrogen-bond acceptors (Lipinski definition) is 7. The minimum absolute atomic E-state index is 0.252. The van der Waals surface area contributed by atoms with Gasteiger partial charge in [0.25, 0.3) is 0 Å². The Kier molecular flexibility index (Phi) is 6.47. The van der Waals surface area contributed by atoms with Crippen LogP contribution in [0.2, 0.25) is 0 Å². The molecule has 1 amide bonds. The number of imidazole rings is 1. The fourth-order valence-electron chi connectivity index (χ4n) is 4.26. The van der Waals surface area contributed by atoms with Crippen LogP contribution in [0.4, 0.5) is 23.1 Å². The molecule has 4 aromatic rings. The summed E-state index contributed by atoms with van der Waals surface area (Å²) in [5.41, 5.74) is 4.39. The molecule has 0 unspecified atom stereocenters. The van der Waals surface area contributed by atoms with E-state index in [1.54, 1.807) is 6.33 Å². The average molecular weight is 471 g/mol. The highest BCUT2D eigenvalue weighted by Gasteiger charge is 2.19. The zero-order valence-electron chi connectivity index (χ0n) is 20.1. The summed E-state index contributed by atoms with van der Waals surface area (Å²) in [6.45, 7) is 2.29. The van der Waals surface area contributed by atoms with Gasteiger partial charge in [0.1, 0.15) is 6.33 Å². The Morgan fingerprint density at radius 1 is 1.06 bits per heavy atom. The van der Waals surface area contributed by atoms with Crippen molar-refractivity contribution in [1.82, 2.24) is 24.4 Å². The van der Waals surface area contributed by atoms with Gasteiger partial charge in [-0.25, -0.2) is 4.98 Å². The van der Waals surface area contributed by atoms with Crippen LogP contribution in [0.15, 0.2) is 60.9 Å². The number of aromatic nitrogens is 4. The van der Waals surface area contributed by atoms with Gasteiger partial charge in [-0.15, -0.1) is 0 Å². The van der Waals surface area contributed by atoms with Crippen molar-refractivity contribution in [2.24, 2.45) is 0 Å². The van der Waals surface area contributed by atoms with Crippen LogP contribution in [0, 0.1) is 0 Å². The van der Waals surface area contributed by atoms with E-state index < -0.39 is 0 Å². The summed E-state index contributed by atoms with van der Waals surface area (Å²) in [5, 5.41) is 6.79. The van der Waals surface area contributed by atoms with Crippen LogP contribution < -0.4 is 15.5 Å². The van der Waals surface area contributed by atoms with Crippen LogP contribution in [0.3, 0.4) is 0 Å². The molecule has 1 fully saturated rings. The molecule has 1 saturated heterocycles. The van der Waals surface area contributed by atoms with Crippen molar-refractivity contribution < 1.29 is 4.79 Å². The first kappa shape index (κ1) is 22.6. The van der Waals surface area contributed by atoms with Crippen LogP contribution in [-0.2, 0) is 4.79 Å². The molecule has 2 N–H and O–H groups in total. The summed E-state index contributed by atoms with van der Waals surface area (Å²) in [6, 6.07) is 18.1. The van der Waals surface area contributed by atoms with Crippen molar-refractivity contribution in [3.8, 4) is 5.69 Å². The first-order valence-electron chi connectivity index (χ1n) is 11.9. The fourth-order valence-corrected chi connectivity index (χ4v) is 4.26. The molecule has 0 atom stereocenters. The second-order valence-electron chi connectivity index (χ2n) is 8.85. The maximum Gasteiger partial charge on any atom is 0.231 e. The molecular formula is C26H30N8O. The second kappa shape index (κ2) is 10.0. The van der Waals surface area contributed by atoms with Crippen molar-refractivity contribution >= 4 is 40.2 Å². The van der Waals surface area contributed by atoms with Crippen LogP contribution in [-0.4, -0.2) is 64.1 Å². The number of nitrogens with zero attached hydrogens (tertiary/aromatic N) is 6. The Bertz CT molecular complexity index is 1320. The number of carbonyl (C=O) groups excluding carboxylic acids is 1. The number of rotatable bonds is 9. The van der Waals surface area contributed by atoms with E-state index in [0.717, 1.165) is 48.6 Å². The highest BCUT2D eigenvalue weighted by molar-refractivity contribution is 5.86. The van der Waals surface area contributed by atoms with Crippen LogP contribution in [0.5, 0.6) is 0 Å². The Labute approximate surface area is 204 Å². The average Bonchev–Trinajstić information content (AvgIpc) is 3.48. The molecule has 0 spiro atoms. The van der Waals surface area contributed by atoms with E-state index in [0.29, 0.717) is 30.2 Å². The van der Waals surface area contributed by atoms with Gasteiger partial charge in [0.2, 0.25) is 11.9 Å². The number of fused-ring (bicyclic) bond motifs is 1. The van der Waals surface area contributed by atoms with Crippen LogP contribution in [0.1, 0.15) is 19.3 Å².